The van der Waals surface area contributed by atoms with Crippen molar-refractivity contribution in [1.29, 1.82) is 0 Å². The monoisotopic (exact) mass is 888 g/mol. The lowest BCUT2D eigenvalue weighted by atomic mass is 9.91. The lowest BCUT2D eigenvalue weighted by Gasteiger charge is -2.26. The molecule has 2 atom stereocenters. The molecule has 0 saturated carbocycles. The number of pyridine rings is 4. The van der Waals surface area contributed by atoms with Gasteiger partial charge in [0, 0.05) is 95.1 Å². The van der Waals surface area contributed by atoms with Crippen molar-refractivity contribution < 1.29 is 9.47 Å². The first-order valence-corrected chi connectivity index (χ1v) is 24.1. The van der Waals surface area contributed by atoms with E-state index < -0.39 is 12.1 Å². The van der Waals surface area contributed by atoms with Crippen LogP contribution in [0, 0.1) is 0 Å². The van der Waals surface area contributed by atoms with Crippen LogP contribution in [-0.4, -0.2) is 95.4 Å². The number of benzene rings is 4. The molecule has 0 spiro atoms. The van der Waals surface area contributed by atoms with E-state index in [0.29, 0.717) is 0 Å². The van der Waals surface area contributed by atoms with Gasteiger partial charge in [-0.2, -0.15) is 0 Å². The Kier molecular flexibility index (Phi) is 14.1. The van der Waals surface area contributed by atoms with Crippen molar-refractivity contribution in [2.24, 2.45) is 11.5 Å². The van der Waals surface area contributed by atoms with Gasteiger partial charge in [0.1, 0.15) is 0 Å². The fourth-order valence-corrected chi connectivity index (χ4v) is 9.71. The summed E-state index contributed by atoms with van der Waals surface area (Å²) in [6.07, 6.45) is 8.85. The average molecular weight is 889 g/mol. The van der Waals surface area contributed by atoms with Crippen molar-refractivity contribution >= 4 is 21.8 Å². The Hall–Kier alpha value is -6.24. The largest absolute Gasteiger partial charge is 0.379 e. The fraction of sp³-hybridized carbons (Fsp3) is 0.298. The highest BCUT2D eigenvalue weighted by molar-refractivity contribution is 5.94. The van der Waals surface area contributed by atoms with E-state index in [-0.39, 0.29) is 0 Å². The summed E-state index contributed by atoms with van der Waals surface area (Å²) in [6.45, 7) is 9.44. The van der Waals surface area contributed by atoms with Crippen molar-refractivity contribution in [2.75, 3.05) is 65.7 Å². The second-order valence-electron chi connectivity index (χ2n) is 17.9. The first-order chi connectivity index (χ1) is 33.1. The molecule has 0 aliphatic carbocycles. The summed E-state index contributed by atoms with van der Waals surface area (Å²) in [5.74, 6) is 0. The summed E-state index contributed by atoms with van der Waals surface area (Å²) in [6, 6.07) is 45.7. The summed E-state index contributed by atoms with van der Waals surface area (Å²) < 4.78 is 11.1. The van der Waals surface area contributed by atoms with Gasteiger partial charge in [0.05, 0.1) is 48.8 Å². The van der Waals surface area contributed by atoms with Gasteiger partial charge in [-0.1, -0.05) is 109 Å². The van der Waals surface area contributed by atoms with Crippen molar-refractivity contribution in [3.8, 4) is 44.8 Å². The standard InChI is InChI=1S/C57H60N8O2/c58-54(42-16-20-44(21-17-42)56-46(40-10-3-1-4-11-40)38-48-50(60-26-24-52(48)62-56)14-7-8-28-64-30-34-66-35-31-64)55(59)43-18-22-45(23-19-43)57-47(41-12-5-2-6-13-41)39-49-51(61-27-25-53(49)63-57)15-9-29-65-32-36-67-37-33-65/h1-6,10-13,16-27,38-39,54-55H,7-9,14-15,28-37,58-59H2. The first-order valence-electron chi connectivity index (χ1n) is 24.1. The van der Waals surface area contributed by atoms with Gasteiger partial charge in [0.15, 0.2) is 0 Å². The number of aromatic nitrogens is 4. The molecular weight excluding hydrogens is 829 g/mol. The Morgan fingerprint density at radius 1 is 0.463 bits per heavy atom. The van der Waals surface area contributed by atoms with Gasteiger partial charge in [-0.3, -0.25) is 19.8 Å². The van der Waals surface area contributed by atoms with Crippen LogP contribution in [0.4, 0.5) is 0 Å². The van der Waals surface area contributed by atoms with Gasteiger partial charge in [0.2, 0.25) is 0 Å². The number of hydrogen-bond donors (Lipinski definition) is 2. The molecule has 6 heterocycles. The number of ether oxygens (including phenoxy) is 2. The quantitative estimate of drug-likeness (QED) is 0.0906. The van der Waals surface area contributed by atoms with Crippen LogP contribution < -0.4 is 11.5 Å². The van der Waals surface area contributed by atoms with Gasteiger partial charge in [-0.15, -0.1) is 0 Å². The number of rotatable bonds is 16. The number of hydrogen-bond acceptors (Lipinski definition) is 10. The summed E-state index contributed by atoms with van der Waals surface area (Å²) in [7, 11) is 0. The second-order valence-corrected chi connectivity index (χ2v) is 17.9. The third kappa shape index (κ3) is 10.4. The van der Waals surface area contributed by atoms with Crippen molar-refractivity contribution in [3.05, 3.63) is 168 Å². The van der Waals surface area contributed by atoms with E-state index in [1.807, 2.05) is 24.5 Å². The molecule has 10 heteroatoms. The molecule has 340 valence electrons. The molecule has 2 fully saturated rings. The molecule has 10 rings (SSSR count). The van der Waals surface area contributed by atoms with Crippen molar-refractivity contribution in [1.82, 2.24) is 29.7 Å². The number of aryl methyl sites for hydroxylation is 2. The van der Waals surface area contributed by atoms with Gasteiger partial charge in [-0.25, -0.2) is 9.97 Å². The Bertz CT molecular complexity index is 2880. The zero-order chi connectivity index (χ0) is 45.4. The minimum absolute atomic E-state index is 0.428. The van der Waals surface area contributed by atoms with Crippen LogP contribution in [0.25, 0.3) is 66.6 Å². The van der Waals surface area contributed by atoms with Crippen molar-refractivity contribution in [3.63, 3.8) is 0 Å². The number of morpholine rings is 2. The van der Waals surface area contributed by atoms with E-state index in [9.17, 15) is 0 Å². The molecule has 0 amide bonds. The van der Waals surface area contributed by atoms with Gasteiger partial charge in [-0.05, 0) is 91.7 Å². The molecule has 0 bridgehead atoms. The molecule has 4 aromatic carbocycles. The van der Waals surface area contributed by atoms with E-state index in [1.54, 1.807) is 0 Å². The molecule has 67 heavy (non-hydrogen) atoms. The highest BCUT2D eigenvalue weighted by Crippen LogP contribution is 2.38. The predicted octanol–water partition coefficient (Wildman–Crippen LogP) is 9.86. The molecule has 2 aliphatic heterocycles. The molecular formula is C57H60N8O2. The zero-order valence-corrected chi connectivity index (χ0v) is 38.3. The maximum atomic E-state index is 6.98. The average Bonchev–Trinajstić information content (AvgIpc) is 3.40. The lowest BCUT2D eigenvalue weighted by molar-refractivity contribution is 0.0372. The van der Waals surface area contributed by atoms with Crippen LogP contribution in [0.1, 0.15) is 53.9 Å². The lowest BCUT2D eigenvalue weighted by Crippen LogP contribution is -2.36. The van der Waals surface area contributed by atoms with Gasteiger partial charge in [0.25, 0.3) is 0 Å². The van der Waals surface area contributed by atoms with Crippen LogP contribution in [0.15, 0.2) is 146 Å². The summed E-state index contributed by atoms with van der Waals surface area (Å²) in [5.41, 5.74) is 28.2. The second kappa shape index (κ2) is 21.2. The molecule has 10 nitrogen and oxygen atoms in total. The van der Waals surface area contributed by atoms with Gasteiger partial charge < -0.3 is 20.9 Å². The van der Waals surface area contributed by atoms with Crippen LogP contribution in [0.5, 0.6) is 0 Å². The van der Waals surface area contributed by atoms with Crippen LogP contribution >= 0.6 is 0 Å². The van der Waals surface area contributed by atoms with E-state index >= 15 is 0 Å². The molecule has 4 N–H and O–H groups in total. The fourth-order valence-electron chi connectivity index (χ4n) is 9.71. The third-order valence-electron chi connectivity index (χ3n) is 13.6. The molecule has 4 aromatic heterocycles. The summed E-state index contributed by atoms with van der Waals surface area (Å²) in [5, 5.41) is 2.21. The number of unbranched alkanes of at least 4 members (excludes halogenated alkanes) is 1. The Morgan fingerprint density at radius 3 is 1.33 bits per heavy atom. The highest BCUT2D eigenvalue weighted by atomic mass is 16.5. The number of nitrogens with zero attached hydrogens (tertiary/aromatic N) is 6. The van der Waals surface area contributed by atoms with Crippen LogP contribution in [0.2, 0.25) is 0 Å². The van der Waals surface area contributed by atoms with Crippen molar-refractivity contribution in [2.45, 2.75) is 44.2 Å². The SMILES string of the molecule is NC(c1ccc(-c2nc3ccnc(CCCCN4CCOCC4)c3cc2-c2ccccc2)cc1)C(N)c1ccc(-c2nc3ccnc(CCCN4CCOCC4)c3cc2-c2ccccc2)cc1. The summed E-state index contributed by atoms with van der Waals surface area (Å²) >= 11 is 0. The Labute approximate surface area is 394 Å². The van der Waals surface area contributed by atoms with E-state index in [2.05, 4.69) is 131 Å². The topological polar surface area (TPSA) is 129 Å². The Balaban J connectivity index is 0.874. The highest BCUT2D eigenvalue weighted by Gasteiger charge is 2.21. The predicted molar refractivity (Wildman–Crippen MR) is 270 cm³/mol. The van der Waals surface area contributed by atoms with E-state index in [0.717, 1.165) is 187 Å². The van der Waals surface area contributed by atoms with Gasteiger partial charge >= 0.3 is 0 Å². The molecule has 8 aromatic rings. The number of nitrogens with two attached hydrogens (primary N) is 2. The first kappa shape index (κ1) is 44.6. The number of fused-ring (bicyclic) bond motifs is 2. The minimum Gasteiger partial charge on any atom is -0.379 e. The molecule has 2 aliphatic rings. The molecule has 2 unspecified atom stereocenters. The van der Waals surface area contributed by atoms with E-state index in [1.165, 1.54) is 0 Å². The molecule has 0 radical (unpaired) electrons. The zero-order valence-electron chi connectivity index (χ0n) is 38.3. The van der Waals surface area contributed by atoms with Crippen LogP contribution in [-0.2, 0) is 22.3 Å². The normalized spacial score (nSPS) is 15.8. The maximum absolute atomic E-state index is 6.98. The Morgan fingerprint density at radius 2 is 0.881 bits per heavy atom. The van der Waals surface area contributed by atoms with Crippen LogP contribution in [0.3, 0.4) is 0 Å². The maximum Gasteiger partial charge on any atom is 0.0788 e. The van der Waals surface area contributed by atoms with E-state index in [4.69, 9.17) is 40.9 Å². The summed E-state index contributed by atoms with van der Waals surface area (Å²) in [4.78, 5) is 25.3. The smallest absolute Gasteiger partial charge is 0.0788 e. The molecule has 2 saturated heterocycles. The third-order valence-corrected chi connectivity index (χ3v) is 13.6. The minimum atomic E-state index is -0.428.